The second-order valence-corrected chi connectivity index (χ2v) is 4.62. The molecule has 80 valence electrons. The quantitative estimate of drug-likeness (QED) is 0.675. The first kappa shape index (κ1) is 9.65. The molecule has 0 spiro atoms. The molecule has 0 atom stereocenters. The minimum absolute atomic E-state index is 0.838. The van der Waals surface area contributed by atoms with Crippen molar-refractivity contribution in [3.63, 3.8) is 0 Å². The molecule has 0 aliphatic heterocycles. The third-order valence-electron chi connectivity index (χ3n) is 3.59. The first-order valence-corrected chi connectivity index (χ1v) is 6.09. The molecule has 0 heterocycles. The lowest BCUT2D eigenvalue weighted by molar-refractivity contribution is 0.420. The van der Waals surface area contributed by atoms with Gasteiger partial charge in [-0.1, -0.05) is 61.0 Å². The molecular weight excluding hydrogens is 192 g/mol. The van der Waals surface area contributed by atoms with Crippen LogP contribution in [0, 0.1) is 0 Å². The van der Waals surface area contributed by atoms with Gasteiger partial charge in [0.1, 0.15) is 0 Å². The summed E-state index contributed by atoms with van der Waals surface area (Å²) in [6.07, 6.45) is 4.17. The molecule has 0 unspecified atom stereocenters. The van der Waals surface area contributed by atoms with Crippen molar-refractivity contribution >= 4 is 0 Å². The van der Waals surface area contributed by atoms with Gasteiger partial charge in [0.05, 0.1) is 0 Å². The molecule has 0 N–H and O–H groups in total. The first-order valence-electron chi connectivity index (χ1n) is 6.09. The van der Waals surface area contributed by atoms with E-state index in [1.165, 1.54) is 36.0 Å². The number of hydrogen-bond donors (Lipinski definition) is 0. The highest BCUT2D eigenvalue weighted by Crippen LogP contribution is 2.36. The van der Waals surface area contributed by atoms with Gasteiger partial charge in [-0.15, -0.1) is 0 Å². The van der Waals surface area contributed by atoms with E-state index < -0.39 is 0 Å². The number of rotatable bonds is 2. The van der Waals surface area contributed by atoms with Crippen LogP contribution in [-0.4, -0.2) is 0 Å². The van der Waals surface area contributed by atoms with E-state index in [1.807, 2.05) is 0 Å². The maximum atomic E-state index is 2.30. The largest absolute Gasteiger partial charge is 0.0622 e. The van der Waals surface area contributed by atoms with Crippen LogP contribution in [-0.2, 0) is 0 Å². The Kier molecular flexibility index (Phi) is 2.49. The summed E-state index contributed by atoms with van der Waals surface area (Å²) in [6.45, 7) is 0. The zero-order valence-corrected chi connectivity index (χ0v) is 9.39. The van der Waals surface area contributed by atoms with Crippen LogP contribution in [0.15, 0.2) is 54.6 Å². The van der Waals surface area contributed by atoms with E-state index in [9.17, 15) is 0 Å². The molecule has 0 saturated heterocycles. The molecule has 0 aromatic heterocycles. The maximum absolute atomic E-state index is 2.30. The van der Waals surface area contributed by atoms with Crippen molar-refractivity contribution in [2.45, 2.75) is 25.2 Å². The molecule has 0 bridgehead atoms. The Balaban J connectivity index is 1.87. The molecule has 1 aliphatic rings. The lowest BCUT2D eigenvalue weighted by Gasteiger charge is -2.25. The van der Waals surface area contributed by atoms with Crippen LogP contribution in [0.4, 0.5) is 0 Å². The van der Waals surface area contributed by atoms with Gasteiger partial charge in [0.25, 0.3) is 0 Å². The van der Waals surface area contributed by atoms with Crippen molar-refractivity contribution in [3.05, 3.63) is 60.2 Å². The van der Waals surface area contributed by atoms with E-state index in [4.69, 9.17) is 0 Å². The fourth-order valence-electron chi connectivity index (χ4n) is 2.32. The van der Waals surface area contributed by atoms with Gasteiger partial charge >= 0.3 is 0 Å². The summed E-state index contributed by atoms with van der Waals surface area (Å²) in [4.78, 5) is 0. The topological polar surface area (TPSA) is 0 Å². The molecule has 1 saturated carbocycles. The second-order valence-electron chi connectivity index (χ2n) is 4.62. The Bertz CT molecular complexity index is 449. The summed E-state index contributed by atoms with van der Waals surface area (Å²) in [5, 5.41) is 0. The molecule has 0 amide bonds. The highest BCUT2D eigenvalue weighted by molar-refractivity contribution is 5.63. The van der Waals surface area contributed by atoms with Crippen molar-refractivity contribution in [3.8, 4) is 11.1 Å². The van der Waals surface area contributed by atoms with Crippen molar-refractivity contribution in [1.29, 1.82) is 0 Å². The Morgan fingerprint density at radius 2 is 1.31 bits per heavy atom. The van der Waals surface area contributed by atoms with E-state index >= 15 is 0 Å². The minimum Gasteiger partial charge on any atom is -0.0622 e. The highest BCUT2D eigenvalue weighted by Gasteiger charge is 2.18. The lowest BCUT2D eigenvalue weighted by Crippen LogP contribution is -2.08. The van der Waals surface area contributed by atoms with Crippen LogP contribution in [0.1, 0.15) is 30.7 Å². The van der Waals surface area contributed by atoms with Gasteiger partial charge in [0.2, 0.25) is 0 Å². The van der Waals surface area contributed by atoms with Crippen molar-refractivity contribution in [2.75, 3.05) is 0 Å². The maximum Gasteiger partial charge on any atom is -0.0162 e. The highest BCUT2D eigenvalue weighted by atomic mass is 14.2. The second kappa shape index (κ2) is 4.13. The molecule has 3 rings (SSSR count). The number of benzene rings is 2. The smallest absolute Gasteiger partial charge is 0.0162 e. The minimum atomic E-state index is 0.838. The third kappa shape index (κ3) is 1.76. The van der Waals surface area contributed by atoms with E-state index in [2.05, 4.69) is 54.6 Å². The predicted octanol–water partition coefficient (Wildman–Crippen LogP) is 4.62. The molecule has 16 heavy (non-hydrogen) atoms. The summed E-state index contributed by atoms with van der Waals surface area (Å²) in [5.74, 6) is 0.838. The van der Waals surface area contributed by atoms with E-state index in [0.717, 1.165) is 5.92 Å². The summed E-state index contributed by atoms with van der Waals surface area (Å²) < 4.78 is 0. The first-order chi connectivity index (χ1) is 7.93. The standard InChI is InChI=1S/C16H16/c1-2-5-13(6-3-1)15-9-11-16(12-10-15)14-7-4-8-14/h1-3,5-6,9-12,14H,4,7-8H2. The van der Waals surface area contributed by atoms with Crippen LogP contribution >= 0.6 is 0 Å². The number of hydrogen-bond acceptors (Lipinski definition) is 0. The average molecular weight is 208 g/mol. The summed E-state index contributed by atoms with van der Waals surface area (Å²) in [7, 11) is 0. The van der Waals surface area contributed by atoms with Crippen LogP contribution in [0.5, 0.6) is 0 Å². The Hall–Kier alpha value is -1.56. The third-order valence-corrected chi connectivity index (χ3v) is 3.59. The molecule has 2 aromatic carbocycles. The Morgan fingerprint density at radius 3 is 1.88 bits per heavy atom. The molecular formula is C16H16. The van der Waals surface area contributed by atoms with E-state index in [1.54, 1.807) is 0 Å². The fourth-order valence-corrected chi connectivity index (χ4v) is 2.32. The Labute approximate surface area is 96.9 Å². The van der Waals surface area contributed by atoms with Gasteiger partial charge in [-0.05, 0) is 35.4 Å². The van der Waals surface area contributed by atoms with E-state index in [-0.39, 0.29) is 0 Å². The SMILES string of the molecule is c1ccc(-c2ccc(C3CCC3)cc2)cc1. The van der Waals surface area contributed by atoms with Gasteiger partial charge in [0.15, 0.2) is 0 Å². The molecule has 0 radical (unpaired) electrons. The monoisotopic (exact) mass is 208 g/mol. The van der Waals surface area contributed by atoms with Crippen LogP contribution in [0.25, 0.3) is 11.1 Å². The summed E-state index contributed by atoms with van der Waals surface area (Å²) in [6, 6.07) is 19.7. The van der Waals surface area contributed by atoms with Gasteiger partial charge < -0.3 is 0 Å². The zero-order valence-electron chi connectivity index (χ0n) is 9.39. The van der Waals surface area contributed by atoms with Crippen LogP contribution < -0.4 is 0 Å². The van der Waals surface area contributed by atoms with E-state index in [0.29, 0.717) is 0 Å². The van der Waals surface area contributed by atoms with Gasteiger partial charge in [-0.2, -0.15) is 0 Å². The molecule has 2 aromatic rings. The lowest BCUT2D eigenvalue weighted by atomic mass is 9.80. The van der Waals surface area contributed by atoms with Gasteiger partial charge in [-0.25, -0.2) is 0 Å². The Morgan fingerprint density at radius 1 is 0.688 bits per heavy atom. The average Bonchev–Trinajstić information content (AvgIpc) is 2.29. The van der Waals surface area contributed by atoms with Gasteiger partial charge in [-0.3, -0.25) is 0 Å². The van der Waals surface area contributed by atoms with Crippen molar-refractivity contribution < 1.29 is 0 Å². The molecule has 0 heteroatoms. The van der Waals surface area contributed by atoms with Crippen LogP contribution in [0.2, 0.25) is 0 Å². The molecule has 1 fully saturated rings. The predicted molar refractivity (Wildman–Crippen MR) is 68.5 cm³/mol. The molecule has 1 aliphatic carbocycles. The summed E-state index contributed by atoms with van der Waals surface area (Å²) >= 11 is 0. The fraction of sp³-hybridized carbons (Fsp3) is 0.250. The van der Waals surface area contributed by atoms with Gasteiger partial charge in [0, 0.05) is 0 Å². The summed E-state index contributed by atoms with van der Waals surface area (Å²) in [5.41, 5.74) is 4.15. The normalized spacial score (nSPS) is 15.8. The zero-order chi connectivity index (χ0) is 10.8. The molecule has 0 nitrogen and oxygen atoms in total. The van der Waals surface area contributed by atoms with Crippen molar-refractivity contribution in [2.24, 2.45) is 0 Å². The van der Waals surface area contributed by atoms with Crippen molar-refractivity contribution in [1.82, 2.24) is 0 Å². The van der Waals surface area contributed by atoms with Crippen LogP contribution in [0.3, 0.4) is 0 Å².